The van der Waals surface area contributed by atoms with Crippen LogP contribution in [0.2, 0.25) is 0 Å². The van der Waals surface area contributed by atoms with Crippen LogP contribution < -0.4 is 15.8 Å². The van der Waals surface area contributed by atoms with E-state index in [1.165, 1.54) is 12.1 Å². The second-order valence-corrected chi connectivity index (χ2v) is 5.40. The Balaban J connectivity index is 1.95. The summed E-state index contributed by atoms with van der Waals surface area (Å²) < 4.78 is 18.5. The Morgan fingerprint density at radius 3 is 2.80 bits per heavy atom. The molecule has 1 amide bonds. The fraction of sp³-hybridized carbons (Fsp3) is 0.533. The molecule has 110 valence electrons. The molecule has 0 aliphatic heterocycles. The SMILES string of the molecule is CC(Oc1cccc(F)c1)C(=O)NC1(CN)CCCC1. The molecule has 0 spiro atoms. The highest BCUT2D eigenvalue weighted by atomic mass is 19.1. The van der Waals surface area contributed by atoms with Gasteiger partial charge in [-0.25, -0.2) is 4.39 Å². The number of carbonyl (C=O) groups excluding carboxylic acids is 1. The quantitative estimate of drug-likeness (QED) is 0.867. The van der Waals surface area contributed by atoms with Crippen LogP contribution in [0.15, 0.2) is 24.3 Å². The Morgan fingerprint density at radius 1 is 1.50 bits per heavy atom. The first kappa shape index (κ1) is 14.8. The van der Waals surface area contributed by atoms with E-state index in [9.17, 15) is 9.18 Å². The maximum absolute atomic E-state index is 13.1. The highest BCUT2D eigenvalue weighted by molar-refractivity contribution is 5.81. The van der Waals surface area contributed by atoms with E-state index in [1.807, 2.05) is 0 Å². The van der Waals surface area contributed by atoms with Crippen LogP contribution in [0.25, 0.3) is 0 Å². The smallest absolute Gasteiger partial charge is 0.261 e. The van der Waals surface area contributed by atoms with E-state index in [4.69, 9.17) is 10.5 Å². The summed E-state index contributed by atoms with van der Waals surface area (Å²) in [4.78, 5) is 12.2. The van der Waals surface area contributed by atoms with E-state index in [2.05, 4.69) is 5.32 Å². The molecular formula is C15H21FN2O2. The number of nitrogens with one attached hydrogen (secondary N) is 1. The zero-order chi connectivity index (χ0) is 14.6. The minimum atomic E-state index is -0.680. The van der Waals surface area contributed by atoms with Gasteiger partial charge >= 0.3 is 0 Å². The molecule has 4 nitrogen and oxygen atoms in total. The fourth-order valence-corrected chi connectivity index (χ4v) is 2.59. The first-order valence-corrected chi connectivity index (χ1v) is 6.99. The van der Waals surface area contributed by atoms with Crippen LogP contribution in [0, 0.1) is 5.82 Å². The number of carbonyl (C=O) groups is 1. The second-order valence-electron chi connectivity index (χ2n) is 5.40. The number of halogens is 1. The van der Waals surface area contributed by atoms with Gasteiger partial charge < -0.3 is 15.8 Å². The van der Waals surface area contributed by atoms with Crippen LogP contribution in [0.1, 0.15) is 32.6 Å². The van der Waals surface area contributed by atoms with Crippen LogP contribution in [-0.4, -0.2) is 24.1 Å². The summed E-state index contributed by atoms with van der Waals surface area (Å²) in [5.41, 5.74) is 5.49. The van der Waals surface area contributed by atoms with Crippen molar-refractivity contribution in [2.75, 3.05) is 6.54 Å². The van der Waals surface area contributed by atoms with Gasteiger partial charge in [0, 0.05) is 12.6 Å². The second kappa shape index (κ2) is 6.22. The van der Waals surface area contributed by atoms with Crippen molar-refractivity contribution in [1.82, 2.24) is 5.32 Å². The largest absolute Gasteiger partial charge is 0.481 e. The van der Waals surface area contributed by atoms with Crippen LogP contribution in [-0.2, 0) is 4.79 Å². The van der Waals surface area contributed by atoms with Gasteiger partial charge in [-0.15, -0.1) is 0 Å². The summed E-state index contributed by atoms with van der Waals surface area (Å²) >= 11 is 0. The van der Waals surface area contributed by atoms with Crippen molar-refractivity contribution in [3.05, 3.63) is 30.1 Å². The maximum atomic E-state index is 13.1. The summed E-state index contributed by atoms with van der Waals surface area (Å²) in [6.45, 7) is 2.09. The monoisotopic (exact) mass is 280 g/mol. The molecule has 2 rings (SSSR count). The van der Waals surface area contributed by atoms with E-state index >= 15 is 0 Å². The number of benzene rings is 1. The van der Waals surface area contributed by atoms with Gasteiger partial charge in [-0.1, -0.05) is 18.9 Å². The topological polar surface area (TPSA) is 64.3 Å². The van der Waals surface area contributed by atoms with E-state index < -0.39 is 6.10 Å². The van der Waals surface area contributed by atoms with Crippen LogP contribution in [0.5, 0.6) is 5.75 Å². The zero-order valence-corrected chi connectivity index (χ0v) is 11.7. The molecule has 1 atom stereocenters. The average Bonchev–Trinajstić information content (AvgIpc) is 2.88. The molecular weight excluding hydrogens is 259 g/mol. The number of amides is 1. The number of hydrogen-bond acceptors (Lipinski definition) is 3. The lowest BCUT2D eigenvalue weighted by Gasteiger charge is -2.30. The van der Waals surface area contributed by atoms with Gasteiger partial charge in [-0.2, -0.15) is 0 Å². The molecule has 0 aromatic heterocycles. The molecule has 0 bridgehead atoms. The van der Waals surface area contributed by atoms with Crippen molar-refractivity contribution < 1.29 is 13.9 Å². The van der Waals surface area contributed by atoms with Crippen molar-refractivity contribution in [1.29, 1.82) is 0 Å². The molecule has 3 N–H and O–H groups in total. The minimum Gasteiger partial charge on any atom is -0.481 e. The molecule has 1 unspecified atom stereocenters. The predicted octanol–water partition coefficient (Wildman–Crippen LogP) is 1.98. The highest BCUT2D eigenvalue weighted by Gasteiger charge is 2.35. The summed E-state index contributed by atoms with van der Waals surface area (Å²) in [6.07, 6.45) is 3.29. The molecule has 1 fully saturated rings. The summed E-state index contributed by atoms with van der Waals surface area (Å²) in [7, 11) is 0. The Labute approximate surface area is 118 Å². The highest BCUT2D eigenvalue weighted by Crippen LogP contribution is 2.28. The van der Waals surface area contributed by atoms with E-state index in [0.29, 0.717) is 12.3 Å². The van der Waals surface area contributed by atoms with Gasteiger partial charge in [-0.05, 0) is 31.9 Å². The van der Waals surface area contributed by atoms with Gasteiger partial charge in [0.2, 0.25) is 0 Å². The molecule has 1 saturated carbocycles. The van der Waals surface area contributed by atoms with Crippen molar-refractivity contribution in [3.63, 3.8) is 0 Å². The van der Waals surface area contributed by atoms with Gasteiger partial charge in [-0.3, -0.25) is 4.79 Å². The van der Waals surface area contributed by atoms with E-state index in [0.717, 1.165) is 25.7 Å². The van der Waals surface area contributed by atoms with E-state index in [1.54, 1.807) is 19.1 Å². The summed E-state index contributed by atoms with van der Waals surface area (Å²) in [6, 6.07) is 5.77. The lowest BCUT2D eigenvalue weighted by Crippen LogP contribution is -2.54. The van der Waals surface area contributed by atoms with Crippen molar-refractivity contribution in [3.8, 4) is 5.75 Å². The average molecular weight is 280 g/mol. The minimum absolute atomic E-state index is 0.207. The molecule has 1 aromatic carbocycles. The normalized spacial score (nSPS) is 18.6. The molecule has 1 aromatic rings. The molecule has 5 heteroatoms. The van der Waals surface area contributed by atoms with Crippen LogP contribution in [0.3, 0.4) is 0 Å². The molecule has 20 heavy (non-hydrogen) atoms. The molecule has 0 radical (unpaired) electrons. The molecule has 0 saturated heterocycles. The summed E-state index contributed by atoms with van der Waals surface area (Å²) in [5.74, 6) is -0.244. The summed E-state index contributed by atoms with van der Waals surface area (Å²) in [5, 5.41) is 2.99. The number of hydrogen-bond donors (Lipinski definition) is 2. The zero-order valence-electron chi connectivity index (χ0n) is 11.7. The lowest BCUT2D eigenvalue weighted by molar-refractivity contribution is -0.129. The molecule has 1 aliphatic carbocycles. The lowest BCUT2D eigenvalue weighted by atomic mass is 9.97. The van der Waals surface area contributed by atoms with Crippen molar-refractivity contribution in [2.45, 2.75) is 44.2 Å². The first-order chi connectivity index (χ1) is 9.54. The Morgan fingerprint density at radius 2 is 2.20 bits per heavy atom. The first-order valence-electron chi connectivity index (χ1n) is 6.99. The van der Waals surface area contributed by atoms with Crippen molar-refractivity contribution >= 4 is 5.91 Å². The van der Waals surface area contributed by atoms with Gasteiger partial charge in [0.25, 0.3) is 5.91 Å². The predicted molar refractivity (Wildman–Crippen MR) is 74.9 cm³/mol. The Hall–Kier alpha value is -1.62. The van der Waals surface area contributed by atoms with Crippen molar-refractivity contribution in [2.24, 2.45) is 5.73 Å². The third kappa shape index (κ3) is 3.48. The molecule has 0 heterocycles. The van der Waals surface area contributed by atoms with Gasteiger partial charge in [0.15, 0.2) is 6.10 Å². The standard InChI is InChI=1S/C15H21FN2O2/c1-11(20-13-6-4-5-12(16)9-13)14(19)18-15(10-17)7-2-3-8-15/h4-6,9,11H,2-3,7-8,10,17H2,1H3,(H,18,19). The fourth-order valence-electron chi connectivity index (χ4n) is 2.59. The van der Waals surface area contributed by atoms with E-state index in [-0.39, 0.29) is 17.3 Å². The Bertz CT molecular complexity index is 473. The van der Waals surface area contributed by atoms with Crippen LogP contribution >= 0.6 is 0 Å². The number of ether oxygens (including phenoxy) is 1. The maximum Gasteiger partial charge on any atom is 0.261 e. The van der Waals surface area contributed by atoms with Gasteiger partial charge in [0.05, 0.1) is 5.54 Å². The molecule has 1 aliphatic rings. The number of rotatable bonds is 5. The van der Waals surface area contributed by atoms with Crippen LogP contribution in [0.4, 0.5) is 4.39 Å². The number of nitrogens with two attached hydrogens (primary N) is 1. The third-order valence-corrected chi connectivity index (χ3v) is 3.82. The van der Waals surface area contributed by atoms with Gasteiger partial charge in [0.1, 0.15) is 11.6 Å². The Kier molecular flexibility index (Phi) is 4.60. The third-order valence-electron chi connectivity index (χ3n) is 3.82.